The summed E-state index contributed by atoms with van der Waals surface area (Å²) in [6.07, 6.45) is 0.789. The van der Waals surface area contributed by atoms with Crippen LogP contribution in [0.3, 0.4) is 0 Å². The number of carbonyl (C=O) groups excluding carboxylic acids is 1. The molecule has 2 N–H and O–H groups in total. The van der Waals surface area contributed by atoms with Crippen LogP contribution in [0.25, 0.3) is 0 Å². The molecule has 1 aromatic rings. The van der Waals surface area contributed by atoms with Gasteiger partial charge in [-0.25, -0.2) is 0 Å². The van der Waals surface area contributed by atoms with Crippen LogP contribution in [0.4, 0.5) is 0 Å². The fraction of sp³-hybridized carbons (Fsp3) is 0.529. The van der Waals surface area contributed by atoms with E-state index in [1.807, 2.05) is 24.3 Å². The number of hydrogen-bond donors (Lipinski definition) is 2. The van der Waals surface area contributed by atoms with Gasteiger partial charge in [0.05, 0.1) is 6.61 Å². The maximum atomic E-state index is 11.5. The molecule has 22 heavy (non-hydrogen) atoms. The molecule has 0 saturated carbocycles. The maximum absolute atomic E-state index is 11.5. The molecule has 0 saturated heterocycles. The van der Waals surface area contributed by atoms with Crippen LogP contribution < -0.4 is 10.1 Å². The first-order valence-corrected chi connectivity index (χ1v) is 7.45. The lowest BCUT2D eigenvalue weighted by atomic mass is 9.87. The Labute approximate surface area is 131 Å². The zero-order valence-corrected chi connectivity index (χ0v) is 13.7. The molecule has 0 spiro atoms. The molecule has 5 heteroatoms. The molecule has 5 nitrogen and oxygen atoms in total. The first-order chi connectivity index (χ1) is 10.2. The van der Waals surface area contributed by atoms with Crippen molar-refractivity contribution in [3.05, 3.63) is 29.8 Å². The number of carbonyl (C=O) groups is 2. The highest BCUT2D eigenvalue weighted by molar-refractivity contribution is 5.83. The molecule has 0 aromatic heterocycles. The molecule has 0 bridgehead atoms. The van der Waals surface area contributed by atoms with Gasteiger partial charge in [-0.2, -0.15) is 0 Å². The molecule has 0 fully saturated rings. The Kier molecular flexibility index (Phi) is 6.40. The second kappa shape index (κ2) is 7.82. The summed E-state index contributed by atoms with van der Waals surface area (Å²) < 4.78 is 5.58. The van der Waals surface area contributed by atoms with Crippen LogP contribution >= 0.6 is 0 Å². The van der Waals surface area contributed by atoms with E-state index in [1.54, 1.807) is 0 Å². The van der Waals surface area contributed by atoms with Gasteiger partial charge < -0.3 is 15.2 Å². The van der Waals surface area contributed by atoms with E-state index in [2.05, 4.69) is 26.1 Å². The van der Waals surface area contributed by atoms with Gasteiger partial charge in [0.1, 0.15) is 11.8 Å². The lowest BCUT2D eigenvalue weighted by Gasteiger charge is -2.19. The summed E-state index contributed by atoms with van der Waals surface area (Å²) in [4.78, 5) is 22.1. The number of carboxylic acids is 1. The van der Waals surface area contributed by atoms with Gasteiger partial charge in [0.15, 0.2) is 0 Å². The summed E-state index contributed by atoms with van der Waals surface area (Å²) >= 11 is 0. The van der Waals surface area contributed by atoms with E-state index in [0.717, 1.165) is 5.75 Å². The predicted molar refractivity (Wildman–Crippen MR) is 85.1 cm³/mol. The minimum atomic E-state index is -1.04. The number of nitrogens with one attached hydrogen (secondary N) is 1. The smallest absolute Gasteiger partial charge is 0.325 e. The number of hydrogen-bond acceptors (Lipinski definition) is 3. The number of carboxylic acid groups (broad SMARTS) is 1. The number of ether oxygens (including phenoxy) is 1. The van der Waals surface area contributed by atoms with Crippen LogP contribution in [0.15, 0.2) is 24.3 Å². The molecule has 0 unspecified atom stereocenters. The van der Waals surface area contributed by atoms with Crippen LogP contribution in [-0.2, 0) is 15.0 Å². The van der Waals surface area contributed by atoms with Crippen LogP contribution in [-0.4, -0.2) is 29.6 Å². The van der Waals surface area contributed by atoms with Gasteiger partial charge in [-0.05, 0) is 36.5 Å². The molecule has 0 aliphatic heterocycles. The molecule has 0 aliphatic carbocycles. The van der Waals surface area contributed by atoms with Crippen molar-refractivity contribution >= 4 is 11.9 Å². The second-order valence-electron chi connectivity index (χ2n) is 6.35. The van der Waals surface area contributed by atoms with E-state index in [4.69, 9.17) is 9.84 Å². The summed E-state index contributed by atoms with van der Waals surface area (Å²) in [6.45, 7) is 8.32. The van der Waals surface area contributed by atoms with Gasteiger partial charge in [-0.3, -0.25) is 9.59 Å². The minimum Gasteiger partial charge on any atom is -0.494 e. The molecule has 122 valence electrons. The Morgan fingerprint density at radius 2 is 1.82 bits per heavy atom. The van der Waals surface area contributed by atoms with Crippen LogP contribution in [0, 0.1) is 0 Å². The largest absolute Gasteiger partial charge is 0.494 e. The van der Waals surface area contributed by atoms with E-state index in [0.29, 0.717) is 13.0 Å². The van der Waals surface area contributed by atoms with Crippen molar-refractivity contribution < 1.29 is 19.4 Å². The highest BCUT2D eigenvalue weighted by Crippen LogP contribution is 2.24. The monoisotopic (exact) mass is 307 g/mol. The van der Waals surface area contributed by atoms with E-state index in [9.17, 15) is 9.59 Å². The lowest BCUT2D eigenvalue weighted by Crippen LogP contribution is -2.38. The van der Waals surface area contributed by atoms with Crippen molar-refractivity contribution in [2.75, 3.05) is 6.61 Å². The van der Waals surface area contributed by atoms with Gasteiger partial charge in [-0.1, -0.05) is 32.9 Å². The number of amides is 1. The molecule has 1 amide bonds. The highest BCUT2D eigenvalue weighted by atomic mass is 16.5. The van der Waals surface area contributed by atoms with Crippen molar-refractivity contribution in [3.63, 3.8) is 0 Å². The zero-order valence-electron chi connectivity index (χ0n) is 13.7. The normalized spacial score (nSPS) is 12.5. The number of benzene rings is 1. The first kappa shape index (κ1) is 18.0. The fourth-order valence-electron chi connectivity index (χ4n) is 1.85. The van der Waals surface area contributed by atoms with Crippen molar-refractivity contribution in [3.8, 4) is 5.75 Å². The Balaban J connectivity index is 2.30. The lowest BCUT2D eigenvalue weighted by molar-refractivity contribution is -0.141. The van der Waals surface area contributed by atoms with Crippen LogP contribution in [0.2, 0.25) is 0 Å². The average molecular weight is 307 g/mol. The zero-order chi connectivity index (χ0) is 16.8. The van der Waals surface area contributed by atoms with E-state index in [1.165, 1.54) is 12.5 Å². The standard InChI is InChI=1S/C17H25NO4/c1-12(16(20)21)18-15(19)6-5-11-22-14-9-7-13(8-10-14)17(2,3)4/h7-10,12H,5-6,11H2,1-4H3,(H,18,19)(H,20,21)/t12-/m0/s1. The molecule has 0 aliphatic rings. The third-order valence-electron chi connectivity index (χ3n) is 3.29. The van der Waals surface area contributed by atoms with Gasteiger partial charge >= 0.3 is 5.97 Å². The topological polar surface area (TPSA) is 75.6 Å². The molecule has 1 atom stereocenters. The Morgan fingerprint density at radius 1 is 1.23 bits per heavy atom. The summed E-state index contributed by atoms with van der Waals surface area (Å²) in [6, 6.07) is 7.06. The first-order valence-electron chi connectivity index (χ1n) is 7.45. The molecule has 1 aromatic carbocycles. The third-order valence-corrected chi connectivity index (χ3v) is 3.29. The molecule has 0 radical (unpaired) electrons. The summed E-state index contributed by atoms with van der Waals surface area (Å²) in [5.41, 5.74) is 1.35. The fourth-order valence-corrected chi connectivity index (χ4v) is 1.85. The summed E-state index contributed by atoms with van der Waals surface area (Å²) in [5, 5.41) is 11.1. The Morgan fingerprint density at radius 3 is 2.32 bits per heavy atom. The van der Waals surface area contributed by atoms with E-state index < -0.39 is 12.0 Å². The number of aliphatic carboxylic acids is 1. The predicted octanol–water partition coefficient (Wildman–Crippen LogP) is 2.73. The quantitative estimate of drug-likeness (QED) is 0.759. The minimum absolute atomic E-state index is 0.109. The maximum Gasteiger partial charge on any atom is 0.325 e. The molecular weight excluding hydrogens is 282 g/mol. The Hall–Kier alpha value is -2.04. The van der Waals surface area contributed by atoms with Gasteiger partial charge in [0, 0.05) is 6.42 Å². The van der Waals surface area contributed by atoms with Crippen molar-refractivity contribution in [1.82, 2.24) is 5.32 Å². The average Bonchev–Trinajstić information content (AvgIpc) is 2.43. The van der Waals surface area contributed by atoms with E-state index >= 15 is 0 Å². The number of rotatable bonds is 7. The summed E-state index contributed by atoms with van der Waals surface area (Å²) in [7, 11) is 0. The highest BCUT2D eigenvalue weighted by Gasteiger charge is 2.14. The van der Waals surface area contributed by atoms with Crippen molar-refractivity contribution in [1.29, 1.82) is 0 Å². The second-order valence-corrected chi connectivity index (χ2v) is 6.35. The molecule has 1 rings (SSSR count). The van der Waals surface area contributed by atoms with Crippen LogP contribution in [0.1, 0.15) is 46.1 Å². The van der Waals surface area contributed by atoms with Gasteiger partial charge in [-0.15, -0.1) is 0 Å². The van der Waals surface area contributed by atoms with Crippen molar-refractivity contribution in [2.24, 2.45) is 0 Å². The SMILES string of the molecule is C[C@H](NC(=O)CCCOc1ccc(C(C)(C)C)cc1)C(=O)O. The summed E-state index contributed by atoms with van der Waals surface area (Å²) in [5.74, 6) is -0.544. The third kappa shape index (κ3) is 6.16. The molecular formula is C17H25NO4. The van der Waals surface area contributed by atoms with Gasteiger partial charge in [0.25, 0.3) is 0 Å². The van der Waals surface area contributed by atoms with Gasteiger partial charge in [0.2, 0.25) is 5.91 Å². The van der Waals surface area contributed by atoms with E-state index in [-0.39, 0.29) is 17.7 Å². The Bertz CT molecular complexity index is 502. The van der Waals surface area contributed by atoms with Crippen LogP contribution in [0.5, 0.6) is 5.75 Å². The molecule has 0 heterocycles. The van der Waals surface area contributed by atoms with Crippen molar-refractivity contribution in [2.45, 2.75) is 52.0 Å².